The lowest BCUT2D eigenvalue weighted by Gasteiger charge is -2.35. The van der Waals surface area contributed by atoms with Gasteiger partial charge < -0.3 is 14.4 Å². The zero-order valence-corrected chi connectivity index (χ0v) is 14.3. The van der Waals surface area contributed by atoms with Gasteiger partial charge in [-0.3, -0.25) is 19.8 Å². The molecule has 2 aliphatic rings. The van der Waals surface area contributed by atoms with E-state index in [0.717, 1.165) is 31.5 Å². The number of hydrogen-bond acceptors (Lipinski definition) is 6. The van der Waals surface area contributed by atoms with Crippen LogP contribution in [0, 0.1) is 10.1 Å². The second-order valence-electron chi connectivity index (χ2n) is 6.37. The molecule has 1 aromatic carbocycles. The van der Waals surface area contributed by atoms with Crippen molar-refractivity contribution in [3.8, 4) is 5.75 Å². The first-order valence-electron chi connectivity index (χ1n) is 8.52. The summed E-state index contributed by atoms with van der Waals surface area (Å²) in [5.41, 5.74) is 0.846. The molecular weight excluding hydrogens is 326 g/mol. The summed E-state index contributed by atoms with van der Waals surface area (Å²) in [6.45, 7) is 4.11. The van der Waals surface area contributed by atoms with Crippen LogP contribution < -0.4 is 4.74 Å². The molecule has 1 amide bonds. The minimum atomic E-state index is -0.430. The van der Waals surface area contributed by atoms with E-state index in [-0.39, 0.29) is 23.4 Å². The fraction of sp³-hybridized carbons (Fsp3) is 0.588. The highest BCUT2D eigenvalue weighted by atomic mass is 16.6. The minimum absolute atomic E-state index is 0.0211. The Morgan fingerprint density at radius 1 is 1.36 bits per heavy atom. The highest BCUT2D eigenvalue weighted by molar-refractivity contribution is 5.81. The Labute approximate surface area is 146 Å². The van der Waals surface area contributed by atoms with E-state index >= 15 is 0 Å². The van der Waals surface area contributed by atoms with Crippen LogP contribution in [0.25, 0.3) is 0 Å². The summed E-state index contributed by atoms with van der Waals surface area (Å²) in [7, 11) is 1.42. The lowest BCUT2D eigenvalue weighted by Crippen LogP contribution is -2.51. The number of carbonyl (C=O) groups excluding carboxylic acids is 1. The average molecular weight is 349 g/mol. The van der Waals surface area contributed by atoms with Crippen molar-refractivity contribution in [2.45, 2.75) is 25.5 Å². The molecule has 2 fully saturated rings. The van der Waals surface area contributed by atoms with Gasteiger partial charge >= 0.3 is 5.69 Å². The van der Waals surface area contributed by atoms with Crippen molar-refractivity contribution >= 4 is 11.6 Å². The monoisotopic (exact) mass is 349 g/mol. The smallest absolute Gasteiger partial charge is 0.311 e. The summed E-state index contributed by atoms with van der Waals surface area (Å²) in [6, 6.07) is 5.03. The van der Waals surface area contributed by atoms with E-state index in [9.17, 15) is 14.9 Å². The number of nitro groups is 1. The topological polar surface area (TPSA) is 85.2 Å². The number of benzene rings is 1. The van der Waals surface area contributed by atoms with Gasteiger partial charge in [0.2, 0.25) is 0 Å². The Morgan fingerprint density at radius 2 is 2.12 bits per heavy atom. The van der Waals surface area contributed by atoms with Crippen molar-refractivity contribution in [3.63, 3.8) is 0 Å². The Kier molecular flexibility index (Phi) is 5.50. The quantitative estimate of drug-likeness (QED) is 0.590. The highest BCUT2D eigenvalue weighted by Crippen LogP contribution is 2.28. The van der Waals surface area contributed by atoms with E-state index in [4.69, 9.17) is 9.47 Å². The van der Waals surface area contributed by atoms with Gasteiger partial charge in [-0.25, -0.2) is 0 Å². The third kappa shape index (κ3) is 4.08. The van der Waals surface area contributed by atoms with Gasteiger partial charge in [0.15, 0.2) is 5.75 Å². The predicted octanol–water partition coefficient (Wildman–Crippen LogP) is 1.43. The number of nitrogens with zero attached hydrogens (tertiary/aromatic N) is 3. The molecule has 1 atom stereocenters. The van der Waals surface area contributed by atoms with E-state index < -0.39 is 4.92 Å². The van der Waals surface area contributed by atoms with Crippen LogP contribution in [0.3, 0.4) is 0 Å². The van der Waals surface area contributed by atoms with Crippen molar-refractivity contribution < 1.29 is 19.2 Å². The molecule has 0 spiro atoms. The standard InChI is InChI=1S/C17H23N3O5/c1-24-15-5-4-13(11-14(15)20(22)23)12-18-6-8-19(9-7-18)17(21)16-3-2-10-25-16/h4-5,11,16H,2-3,6-10,12H2,1H3. The molecule has 0 saturated carbocycles. The fourth-order valence-electron chi connectivity index (χ4n) is 3.34. The van der Waals surface area contributed by atoms with Crippen molar-refractivity contribution in [3.05, 3.63) is 33.9 Å². The van der Waals surface area contributed by atoms with Crippen molar-refractivity contribution in [1.82, 2.24) is 9.80 Å². The lowest BCUT2D eigenvalue weighted by molar-refractivity contribution is -0.385. The number of amides is 1. The van der Waals surface area contributed by atoms with Crippen molar-refractivity contribution in [2.24, 2.45) is 0 Å². The third-order valence-electron chi connectivity index (χ3n) is 4.74. The Hall–Kier alpha value is -2.19. The fourth-order valence-corrected chi connectivity index (χ4v) is 3.34. The number of carbonyl (C=O) groups is 1. The van der Waals surface area contributed by atoms with Gasteiger partial charge in [-0.2, -0.15) is 0 Å². The number of ether oxygens (including phenoxy) is 2. The molecule has 0 radical (unpaired) electrons. The normalized spacial score (nSPS) is 21.3. The van der Waals surface area contributed by atoms with E-state index in [1.54, 1.807) is 12.1 Å². The molecule has 1 unspecified atom stereocenters. The van der Waals surface area contributed by atoms with Crippen molar-refractivity contribution in [2.75, 3.05) is 39.9 Å². The third-order valence-corrected chi connectivity index (χ3v) is 4.74. The van der Waals surface area contributed by atoms with Crippen LogP contribution in [-0.4, -0.2) is 66.6 Å². The zero-order valence-electron chi connectivity index (χ0n) is 14.3. The van der Waals surface area contributed by atoms with Gasteiger partial charge in [0.1, 0.15) is 6.10 Å². The summed E-state index contributed by atoms with van der Waals surface area (Å²) < 4.78 is 10.5. The number of hydrogen-bond donors (Lipinski definition) is 0. The Bertz CT molecular complexity index is 637. The number of rotatable bonds is 5. The van der Waals surface area contributed by atoms with Gasteiger partial charge in [-0.05, 0) is 24.5 Å². The van der Waals surface area contributed by atoms with Gasteiger partial charge in [0, 0.05) is 45.4 Å². The van der Waals surface area contributed by atoms with Crippen LogP contribution in [0.2, 0.25) is 0 Å². The van der Waals surface area contributed by atoms with E-state index in [2.05, 4.69) is 4.90 Å². The highest BCUT2D eigenvalue weighted by Gasteiger charge is 2.30. The van der Waals surface area contributed by atoms with Gasteiger partial charge in [0.25, 0.3) is 5.91 Å². The van der Waals surface area contributed by atoms with Crippen LogP contribution >= 0.6 is 0 Å². The second kappa shape index (κ2) is 7.79. The van der Waals surface area contributed by atoms with E-state index in [1.165, 1.54) is 7.11 Å². The molecule has 2 aliphatic heterocycles. The van der Waals surface area contributed by atoms with Crippen LogP contribution in [0.15, 0.2) is 18.2 Å². The SMILES string of the molecule is COc1ccc(CN2CCN(C(=O)C3CCCO3)CC2)cc1[N+](=O)[O-]. The summed E-state index contributed by atoms with van der Waals surface area (Å²) in [5.74, 6) is 0.359. The molecule has 8 heteroatoms. The maximum atomic E-state index is 12.3. The molecule has 0 aliphatic carbocycles. The molecule has 2 heterocycles. The summed E-state index contributed by atoms with van der Waals surface area (Å²) in [4.78, 5) is 27.1. The summed E-state index contributed by atoms with van der Waals surface area (Å²) >= 11 is 0. The Morgan fingerprint density at radius 3 is 2.72 bits per heavy atom. The molecule has 1 aromatic rings. The van der Waals surface area contributed by atoms with Crippen LogP contribution in [0.5, 0.6) is 5.75 Å². The molecule has 0 aromatic heterocycles. The molecular formula is C17H23N3O5. The maximum Gasteiger partial charge on any atom is 0.311 e. The van der Waals surface area contributed by atoms with Crippen LogP contribution in [0.1, 0.15) is 18.4 Å². The summed E-state index contributed by atoms with van der Waals surface area (Å²) in [5, 5.41) is 11.1. The first kappa shape index (κ1) is 17.6. The van der Waals surface area contributed by atoms with Gasteiger partial charge in [-0.15, -0.1) is 0 Å². The van der Waals surface area contributed by atoms with E-state index in [1.807, 2.05) is 11.0 Å². The van der Waals surface area contributed by atoms with Crippen molar-refractivity contribution in [1.29, 1.82) is 0 Å². The minimum Gasteiger partial charge on any atom is -0.490 e. The number of nitro benzene ring substituents is 1. The number of piperazine rings is 1. The van der Waals surface area contributed by atoms with Gasteiger partial charge in [0.05, 0.1) is 12.0 Å². The molecule has 8 nitrogen and oxygen atoms in total. The van der Waals surface area contributed by atoms with Crippen LogP contribution in [-0.2, 0) is 16.1 Å². The predicted molar refractivity (Wildman–Crippen MR) is 90.5 cm³/mol. The molecule has 25 heavy (non-hydrogen) atoms. The first-order valence-corrected chi connectivity index (χ1v) is 8.52. The first-order chi connectivity index (χ1) is 12.1. The largest absolute Gasteiger partial charge is 0.490 e. The molecule has 0 N–H and O–H groups in total. The zero-order chi connectivity index (χ0) is 17.8. The molecule has 3 rings (SSSR count). The van der Waals surface area contributed by atoms with Gasteiger partial charge in [-0.1, -0.05) is 6.07 Å². The van der Waals surface area contributed by atoms with Crippen LogP contribution in [0.4, 0.5) is 5.69 Å². The van der Waals surface area contributed by atoms with E-state index in [0.29, 0.717) is 26.2 Å². The molecule has 136 valence electrons. The lowest BCUT2D eigenvalue weighted by atomic mass is 10.1. The average Bonchev–Trinajstić information content (AvgIpc) is 3.16. The molecule has 2 saturated heterocycles. The molecule has 0 bridgehead atoms. The second-order valence-corrected chi connectivity index (χ2v) is 6.37. The number of methoxy groups -OCH3 is 1. The maximum absolute atomic E-state index is 12.3. The Balaban J connectivity index is 1.56. The summed E-state index contributed by atoms with van der Waals surface area (Å²) in [6.07, 6.45) is 1.50.